The van der Waals surface area contributed by atoms with Crippen molar-refractivity contribution in [2.75, 3.05) is 5.32 Å². The van der Waals surface area contributed by atoms with E-state index in [1.54, 1.807) is 30.3 Å². The van der Waals surface area contributed by atoms with E-state index in [-0.39, 0.29) is 5.02 Å². The lowest BCUT2D eigenvalue weighted by molar-refractivity contribution is -0.143. The van der Waals surface area contributed by atoms with Crippen molar-refractivity contribution in [3.8, 4) is 0 Å². The third-order valence-corrected chi connectivity index (χ3v) is 6.01. The lowest BCUT2D eigenvalue weighted by atomic mass is 9.97. The third kappa shape index (κ3) is 9.85. The van der Waals surface area contributed by atoms with Gasteiger partial charge in [-0.1, -0.05) is 54.9 Å². The highest BCUT2D eigenvalue weighted by Gasteiger charge is 2.34. The summed E-state index contributed by atoms with van der Waals surface area (Å²) in [6.07, 6.45) is -13.2. The van der Waals surface area contributed by atoms with E-state index in [0.717, 1.165) is 12.5 Å². The third-order valence-electron chi connectivity index (χ3n) is 5.70. The molecule has 0 fully saturated rings. The number of nitrogens with zero attached hydrogens (tertiary/aromatic N) is 1. The molecule has 2 unspecified atom stereocenters. The number of anilines is 1. The molecule has 1 aliphatic rings. The van der Waals surface area contributed by atoms with Gasteiger partial charge in [0, 0.05) is 36.3 Å². The number of aryl methyl sites for hydroxylation is 1. The maximum absolute atomic E-state index is 12.9. The summed E-state index contributed by atoms with van der Waals surface area (Å²) < 4.78 is 70.5. The summed E-state index contributed by atoms with van der Waals surface area (Å²) >= 11 is 6.30. The van der Waals surface area contributed by atoms with Crippen molar-refractivity contribution in [2.24, 2.45) is 16.6 Å². The molecule has 0 spiro atoms. The van der Waals surface area contributed by atoms with Gasteiger partial charge in [-0.25, -0.2) is 4.99 Å². The molecule has 0 aliphatic carbocycles. The first-order valence-corrected chi connectivity index (χ1v) is 12.4. The lowest BCUT2D eigenvalue weighted by Crippen LogP contribution is -2.45. The molecule has 0 aromatic heterocycles. The van der Waals surface area contributed by atoms with Crippen LogP contribution in [0.2, 0.25) is 5.02 Å². The van der Waals surface area contributed by atoms with Gasteiger partial charge < -0.3 is 16.4 Å². The molecule has 218 valence electrons. The van der Waals surface area contributed by atoms with E-state index in [9.17, 15) is 40.7 Å². The van der Waals surface area contributed by atoms with Gasteiger partial charge in [-0.2, -0.15) is 26.3 Å². The van der Waals surface area contributed by atoms with Crippen LogP contribution in [0.5, 0.6) is 0 Å². The van der Waals surface area contributed by atoms with E-state index in [2.05, 4.69) is 15.6 Å². The number of hydrogen-bond acceptors (Lipinski definition) is 4. The van der Waals surface area contributed by atoms with Crippen molar-refractivity contribution < 1.29 is 40.7 Å². The smallest absolute Gasteiger partial charge is 0.370 e. The molecule has 7 nitrogen and oxygen atoms in total. The summed E-state index contributed by atoms with van der Waals surface area (Å²) in [6, 6.07) is 12.2. The van der Waals surface area contributed by atoms with Crippen LogP contribution in [-0.2, 0) is 14.4 Å². The van der Waals surface area contributed by atoms with E-state index in [4.69, 9.17) is 17.3 Å². The van der Waals surface area contributed by atoms with Crippen molar-refractivity contribution in [3.63, 3.8) is 0 Å². The molecule has 3 amide bonds. The number of nitrogens with two attached hydrogens (primary N) is 1. The zero-order chi connectivity index (χ0) is 30.3. The highest BCUT2D eigenvalue weighted by atomic mass is 35.5. The Morgan fingerprint density at radius 3 is 2.20 bits per heavy atom. The SMILES string of the molecule is CCC(F)(F)F.Cc1ccccc1C1=NC(NC(=O)C(CCC(F)(F)F)CC(N)=O)C(=O)Nc2c(Cl)cccc21. The Hall–Kier alpha value is -3.61. The van der Waals surface area contributed by atoms with Gasteiger partial charge in [-0.3, -0.25) is 14.4 Å². The number of carbonyl (C=O) groups is 3. The minimum Gasteiger partial charge on any atom is -0.370 e. The number of primary amides is 1. The van der Waals surface area contributed by atoms with Crippen LogP contribution >= 0.6 is 11.6 Å². The zero-order valence-electron chi connectivity index (χ0n) is 21.4. The number of benzene rings is 2. The van der Waals surface area contributed by atoms with Gasteiger partial charge >= 0.3 is 12.4 Å². The molecule has 2 atom stereocenters. The molecule has 4 N–H and O–H groups in total. The maximum atomic E-state index is 12.9. The molecule has 0 saturated heterocycles. The van der Waals surface area contributed by atoms with Crippen LogP contribution in [0.25, 0.3) is 0 Å². The molecular formula is C26H27ClF6N4O3. The number of aliphatic imine (C=N–C) groups is 1. The Kier molecular flexibility index (Phi) is 11.1. The van der Waals surface area contributed by atoms with Crippen LogP contribution in [0.4, 0.5) is 32.0 Å². The summed E-state index contributed by atoms with van der Waals surface area (Å²) in [5, 5.41) is 5.24. The Morgan fingerprint density at radius 1 is 1.05 bits per heavy atom. The summed E-state index contributed by atoms with van der Waals surface area (Å²) in [4.78, 5) is 41.5. The second-order valence-electron chi connectivity index (χ2n) is 8.85. The predicted octanol–water partition coefficient (Wildman–Crippen LogP) is 5.67. The van der Waals surface area contributed by atoms with Gasteiger partial charge in [0.15, 0.2) is 0 Å². The normalized spacial score (nSPS) is 15.9. The molecule has 0 bridgehead atoms. The average molecular weight is 593 g/mol. The number of hydrogen-bond donors (Lipinski definition) is 3. The molecule has 2 aromatic carbocycles. The number of para-hydroxylation sites is 1. The summed E-state index contributed by atoms with van der Waals surface area (Å²) in [6.45, 7) is 2.93. The Balaban J connectivity index is 0.000000840. The van der Waals surface area contributed by atoms with E-state index in [1.165, 1.54) is 0 Å². The van der Waals surface area contributed by atoms with Crippen LogP contribution in [0.15, 0.2) is 47.5 Å². The maximum Gasteiger partial charge on any atom is 0.389 e. The molecule has 14 heteroatoms. The number of nitrogens with one attached hydrogen (secondary N) is 2. The van der Waals surface area contributed by atoms with Crippen molar-refractivity contribution >= 4 is 40.7 Å². The van der Waals surface area contributed by atoms with Gasteiger partial charge in [-0.05, 0) is 25.0 Å². The van der Waals surface area contributed by atoms with Crippen molar-refractivity contribution in [1.82, 2.24) is 5.32 Å². The minimum atomic E-state index is -4.52. The van der Waals surface area contributed by atoms with Gasteiger partial charge in [0.2, 0.25) is 18.0 Å². The number of halogens is 7. The number of amides is 3. The fraction of sp³-hybridized carbons (Fsp3) is 0.385. The molecule has 2 aromatic rings. The zero-order valence-corrected chi connectivity index (χ0v) is 22.2. The molecular weight excluding hydrogens is 566 g/mol. The standard InChI is InChI=1S/C23H22ClF3N4O3.C3H5F3/c1-12-5-2-3-6-14(12)18-15-7-4-8-16(24)19(15)30-22(34)20(29-18)31-21(33)13(11-17(28)32)9-10-23(25,26)27;1-2-3(4,5)6/h2-8,13,20H,9-11H2,1H3,(H2,28,32)(H,30,34)(H,31,33);2H2,1H3. The van der Waals surface area contributed by atoms with Gasteiger partial charge in [-0.15, -0.1) is 0 Å². The van der Waals surface area contributed by atoms with Crippen LogP contribution in [0, 0.1) is 12.8 Å². The Morgan fingerprint density at radius 2 is 1.65 bits per heavy atom. The Labute approximate surface area is 231 Å². The largest absolute Gasteiger partial charge is 0.389 e. The monoisotopic (exact) mass is 592 g/mol. The average Bonchev–Trinajstić information content (AvgIpc) is 2.98. The highest BCUT2D eigenvalue weighted by molar-refractivity contribution is 6.36. The molecule has 0 radical (unpaired) electrons. The van der Waals surface area contributed by atoms with Gasteiger partial charge in [0.05, 0.1) is 16.4 Å². The highest BCUT2D eigenvalue weighted by Crippen LogP contribution is 2.32. The number of fused-ring (bicyclic) bond motifs is 1. The lowest BCUT2D eigenvalue weighted by Gasteiger charge is -2.19. The first kappa shape index (κ1) is 32.6. The fourth-order valence-electron chi connectivity index (χ4n) is 3.61. The molecule has 40 heavy (non-hydrogen) atoms. The van der Waals surface area contributed by atoms with Gasteiger partial charge in [0.1, 0.15) is 0 Å². The molecule has 0 saturated carbocycles. The van der Waals surface area contributed by atoms with Crippen molar-refractivity contribution in [3.05, 3.63) is 64.2 Å². The van der Waals surface area contributed by atoms with Crippen LogP contribution in [0.3, 0.4) is 0 Å². The van der Waals surface area contributed by atoms with Crippen LogP contribution in [0.1, 0.15) is 49.3 Å². The Bertz CT molecular complexity index is 1260. The number of rotatable bonds is 7. The topological polar surface area (TPSA) is 114 Å². The molecule has 1 heterocycles. The van der Waals surface area contributed by atoms with Crippen molar-refractivity contribution in [2.45, 2.75) is 58.0 Å². The predicted molar refractivity (Wildman–Crippen MR) is 138 cm³/mol. The molecule has 3 rings (SSSR count). The number of alkyl halides is 6. The van der Waals surface area contributed by atoms with Crippen LogP contribution in [-0.4, -0.2) is 42.0 Å². The second kappa shape index (κ2) is 13.6. The second-order valence-corrected chi connectivity index (χ2v) is 9.25. The van der Waals surface area contributed by atoms with E-state index in [0.29, 0.717) is 22.5 Å². The van der Waals surface area contributed by atoms with Crippen molar-refractivity contribution in [1.29, 1.82) is 0 Å². The van der Waals surface area contributed by atoms with Crippen LogP contribution < -0.4 is 16.4 Å². The van der Waals surface area contributed by atoms with Gasteiger partial charge in [0.25, 0.3) is 5.91 Å². The first-order chi connectivity index (χ1) is 18.5. The number of carbonyl (C=O) groups excluding carboxylic acids is 3. The summed E-state index contributed by atoms with van der Waals surface area (Å²) in [7, 11) is 0. The first-order valence-electron chi connectivity index (χ1n) is 12.0. The minimum absolute atomic E-state index is 0.246. The molecule has 1 aliphatic heterocycles. The number of benzodiazepines with no additional fused rings is 1. The summed E-state index contributed by atoms with van der Waals surface area (Å²) in [5.41, 5.74) is 7.80. The van der Waals surface area contributed by atoms with E-state index >= 15 is 0 Å². The fourth-order valence-corrected chi connectivity index (χ4v) is 3.83. The van der Waals surface area contributed by atoms with E-state index < -0.39 is 67.8 Å². The van der Waals surface area contributed by atoms with E-state index in [1.807, 2.05) is 19.1 Å². The summed E-state index contributed by atoms with van der Waals surface area (Å²) in [5.74, 6) is -3.98. The quantitative estimate of drug-likeness (QED) is 0.360.